The van der Waals surface area contributed by atoms with Gasteiger partial charge in [-0.2, -0.15) is 0 Å². The number of nitrogens with one attached hydrogen (secondary N) is 1. The second-order valence-corrected chi connectivity index (χ2v) is 4.81. The van der Waals surface area contributed by atoms with Crippen molar-refractivity contribution in [2.45, 2.75) is 6.92 Å². The van der Waals surface area contributed by atoms with Crippen molar-refractivity contribution in [1.82, 2.24) is 4.98 Å². The third-order valence-electron chi connectivity index (χ3n) is 3.47. The zero-order valence-electron chi connectivity index (χ0n) is 11.4. The van der Waals surface area contributed by atoms with Gasteiger partial charge in [-0.1, -0.05) is 23.8 Å². The lowest BCUT2D eigenvalue weighted by Crippen LogP contribution is -1.85. The summed E-state index contributed by atoms with van der Waals surface area (Å²) in [6.07, 6.45) is 0.899. The minimum atomic E-state index is 0.671. The van der Waals surface area contributed by atoms with Crippen molar-refractivity contribution < 1.29 is 9.53 Å². The molecule has 0 radical (unpaired) electrons. The average molecular weight is 265 g/mol. The van der Waals surface area contributed by atoms with Gasteiger partial charge in [0.2, 0.25) is 0 Å². The molecule has 0 bridgehead atoms. The van der Waals surface area contributed by atoms with Crippen molar-refractivity contribution >= 4 is 17.2 Å². The molecule has 100 valence electrons. The second kappa shape index (κ2) is 4.85. The van der Waals surface area contributed by atoms with Gasteiger partial charge in [0.05, 0.1) is 12.8 Å². The first-order chi connectivity index (χ1) is 9.72. The molecule has 0 atom stereocenters. The number of carbonyl (C=O) groups is 1. The maximum atomic E-state index is 11.5. The predicted molar refractivity (Wildman–Crippen MR) is 80.4 cm³/mol. The van der Waals surface area contributed by atoms with E-state index in [2.05, 4.69) is 11.1 Å². The van der Waals surface area contributed by atoms with Crippen LogP contribution in [0.2, 0.25) is 0 Å². The summed E-state index contributed by atoms with van der Waals surface area (Å²) in [5.74, 6) is 0.746. The van der Waals surface area contributed by atoms with E-state index in [0.717, 1.165) is 39.8 Å². The molecule has 0 saturated carbocycles. The third-order valence-corrected chi connectivity index (χ3v) is 3.47. The van der Waals surface area contributed by atoms with Crippen LogP contribution < -0.4 is 4.74 Å². The summed E-state index contributed by atoms with van der Waals surface area (Å²) in [6, 6.07) is 13.8. The second-order valence-electron chi connectivity index (χ2n) is 4.81. The molecular formula is C17H15NO2. The molecule has 0 amide bonds. The number of hydrogen-bond donors (Lipinski definition) is 1. The molecule has 1 heterocycles. The Kier molecular flexibility index (Phi) is 3.03. The Morgan fingerprint density at radius 3 is 2.70 bits per heavy atom. The molecule has 0 aliphatic heterocycles. The smallest absolute Gasteiger partial charge is 0.152 e. The number of fused-ring (bicyclic) bond motifs is 1. The predicted octanol–water partition coefficient (Wildman–Crippen LogP) is 3.96. The lowest BCUT2D eigenvalue weighted by atomic mass is 10.0. The number of aryl methyl sites for hydroxylation is 1. The Morgan fingerprint density at radius 2 is 2.00 bits per heavy atom. The van der Waals surface area contributed by atoms with Crippen molar-refractivity contribution in [3.8, 4) is 17.0 Å². The largest absolute Gasteiger partial charge is 0.497 e. The number of ether oxygens (including phenoxy) is 1. The van der Waals surface area contributed by atoms with Crippen LogP contribution >= 0.6 is 0 Å². The molecule has 0 aliphatic carbocycles. The van der Waals surface area contributed by atoms with E-state index in [1.54, 1.807) is 7.11 Å². The quantitative estimate of drug-likeness (QED) is 0.728. The Balaban J connectivity index is 2.28. The molecule has 0 aliphatic rings. The zero-order chi connectivity index (χ0) is 14.1. The zero-order valence-corrected chi connectivity index (χ0v) is 11.4. The SMILES string of the molecule is COc1ccc2[nH]c(-c3cccc(C)c3)c(C=O)c2c1. The van der Waals surface area contributed by atoms with Gasteiger partial charge in [0.1, 0.15) is 5.75 Å². The van der Waals surface area contributed by atoms with Gasteiger partial charge in [0.25, 0.3) is 0 Å². The van der Waals surface area contributed by atoms with E-state index in [4.69, 9.17) is 4.74 Å². The minimum absolute atomic E-state index is 0.671. The fourth-order valence-electron chi connectivity index (χ4n) is 2.47. The summed E-state index contributed by atoms with van der Waals surface area (Å²) in [5.41, 5.74) is 4.64. The van der Waals surface area contributed by atoms with Gasteiger partial charge in [0.15, 0.2) is 6.29 Å². The molecule has 0 spiro atoms. The van der Waals surface area contributed by atoms with Gasteiger partial charge in [-0.25, -0.2) is 0 Å². The monoisotopic (exact) mass is 265 g/mol. The van der Waals surface area contributed by atoms with Crippen LogP contribution in [0.1, 0.15) is 15.9 Å². The van der Waals surface area contributed by atoms with E-state index >= 15 is 0 Å². The van der Waals surface area contributed by atoms with E-state index in [0.29, 0.717) is 5.56 Å². The van der Waals surface area contributed by atoms with Crippen LogP contribution in [0.3, 0.4) is 0 Å². The number of carbonyl (C=O) groups excluding carboxylic acids is 1. The standard InChI is InChI=1S/C17H15NO2/c1-11-4-3-5-12(8-11)17-15(10-19)14-9-13(20-2)6-7-16(14)18-17/h3-10,18H,1-2H3. The van der Waals surface area contributed by atoms with Gasteiger partial charge in [-0.3, -0.25) is 4.79 Å². The molecule has 0 unspecified atom stereocenters. The summed E-state index contributed by atoms with van der Waals surface area (Å²) >= 11 is 0. The highest BCUT2D eigenvalue weighted by Gasteiger charge is 2.13. The molecule has 3 heteroatoms. The summed E-state index contributed by atoms with van der Waals surface area (Å²) in [5, 5.41) is 0.885. The van der Waals surface area contributed by atoms with Gasteiger partial charge in [-0.15, -0.1) is 0 Å². The Hall–Kier alpha value is -2.55. The van der Waals surface area contributed by atoms with Crippen LogP contribution in [-0.2, 0) is 0 Å². The van der Waals surface area contributed by atoms with Gasteiger partial charge in [0, 0.05) is 16.5 Å². The normalized spacial score (nSPS) is 10.7. The van der Waals surface area contributed by atoms with Gasteiger partial charge < -0.3 is 9.72 Å². The summed E-state index contributed by atoms with van der Waals surface area (Å²) in [7, 11) is 1.62. The van der Waals surface area contributed by atoms with Crippen molar-refractivity contribution in [3.63, 3.8) is 0 Å². The fourth-order valence-corrected chi connectivity index (χ4v) is 2.47. The van der Waals surface area contributed by atoms with Crippen molar-refractivity contribution in [2.24, 2.45) is 0 Å². The van der Waals surface area contributed by atoms with E-state index in [1.807, 2.05) is 43.3 Å². The number of H-pyrrole nitrogens is 1. The maximum Gasteiger partial charge on any atom is 0.152 e. The van der Waals surface area contributed by atoms with E-state index in [-0.39, 0.29) is 0 Å². The molecule has 3 aromatic rings. The Labute approximate surface area is 117 Å². The minimum Gasteiger partial charge on any atom is -0.497 e. The van der Waals surface area contributed by atoms with E-state index in [9.17, 15) is 4.79 Å². The van der Waals surface area contributed by atoms with Crippen molar-refractivity contribution in [2.75, 3.05) is 7.11 Å². The van der Waals surface area contributed by atoms with Gasteiger partial charge >= 0.3 is 0 Å². The molecule has 1 N–H and O–H groups in total. The molecule has 3 rings (SSSR count). The summed E-state index contributed by atoms with van der Waals surface area (Å²) in [6.45, 7) is 2.04. The highest BCUT2D eigenvalue weighted by Crippen LogP contribution is 2.31. The third kappa shape index (κ3) is 1.97. The molecule has 3 nitrogen and oxygen atoms in total. The number of methoxy groups -OCH3 is 1. The van der Waals surface area contributed by atoms with Crippen LogP contribution in [0, 0.1) is 6.92 Å². The molecule has 20 heavy (non-hydrogen) atoms. The topological polar surface area (TPSA) is 42.1 Å². The van der Waals surface area contributed by atoms with Crippen LogP contribution in [0.4, 0.5) is 0 Å². The first-order valence-electron chi connectivity index (χ1n) is 6.45. The number of aldehydes is 1. The van der Waals surface area contributed by atoms with Crippen molar-refractivity contribution in [3.05, 3.63) is 53.6 Å². The number of rotatable bonds is 3. The molecular weight excluding hydrogens is 250 g/mol. The average Bonchev–Trinajstić information content (AvgIpc) is 2.84. The number of benzene rings is 2. The first kappa shape index (κ1) is 12.5. The number of aromatic amines is 1. The van der Waals surface area contributed by atoms with E-state index < -0.39 is 0 Å². The van der Waals surface area contributed by atoms with E-state index in [1.165, 1.54) is 0 Å². The van der Waals surface area contributed by atoms with Crippen LogP contribution in [-0.4, -0.2) is 18.4 Å². The lowest BCUT2D eigenvalue weighted by molar-refractivity contribution is 0.112. The summed E-state index contributed by atoms with van der Waals surface area (Å²) < 4.78 is 5.23. The highest BCUT2D eigenvalue weighted by molar-refractivity contribution is 6.04. The molecule has 0 saturated heterocycles. The fraction of sp³-hybridized carbons (Fsp3) is 0.118. The first-order valence-corrected chi connectivity index (χ1v) is 6.45. The Morgan fingerprint density at radius 1 is 1.15 bits per heavy atom. The summed E-state index contributed by atoms with van der Waals surface area (Å²) in [4.78, 5) is 14.8. The number of hydrogen-bond acceptors (Lipinski definition) is 2. The van der Waals surface area contributed by atoms with Crippen LogP contribution in [0.25, 0.3) is 22.2 Å². The van der Waals surface area contributed by atoms with Crippen LogP contribution in [0.15, 0.2) is 42.5 Å². The maximum absolute atomic E-state index is 11.5. The highest BCUT2D eigenvalue weighted by atomic mass is 16.5. The van der Waals surface area contributed by atoms with Crippen molar-refractivity contribution in [1.29, 1.82) is 0 Å². The number of aromatic nitrogens is 1. The van der Waals surface area contributed by atoms with Gasteiger partial charge in [-0.05, 0) is 36.8 Å². The molecule has 1 aromatic heterocycles. The molecule has 2 aromatic carbocycles. The lowest BCUT2D eigenvalue weighted by Gasteiger charge is -2.01. The Bertz CT molecular complexity index is 787. The van der Waals surface area contributed by atoms with Crippen LogP contribution in [0.5, 0.6) is 5.75 Å². The molecule has 0 fully saturated rings.